The lowest BCUT2D eigenvalue weighted by Gasteiger charge is -2.08. The van der Waals surface area contributed by atoms with Gasteiger partial charge in [-0.2, -0.15) is 0 Å². The predicted octanol–water partition coefficient (Wildman–Crippen LogP) is 3.54. The molecule has 0 spiro atoms. The topological polar surface area (TPSA) is 17.1 Å². The van der Waals surface area contributed by atoms with E-state index in [1.807, 2.05) is 18.2 Å². The summed E-state index contributed by atoms with van der Waals surface area (Å²) in [7, 11) is 0. The Bertz CT molecular complexity index is 266. The molecule has 0 aliphatic heterocycles. The third-order valence-electron chi connectivity index (χ3n) is 2.70. The van der Waals surface area contributed by atoms with E-state index in [1.165, 1.54) is 5.56 Å². The molecule has 81 valence electrons. The van der Waals surface area contributed by atoms with Gasteiger partial charge in [-0.3, -0.25) is 4.79 Å². The van der Waals surface area contributed by atoms with Crippen molar-refractivity contribution in [3.05, 3.63) is 35.9 Å². The van der Waals surface area contributed by atoms with Crippen LogP contribution in [-0.4, -0.2) is 6.29 Å². The highest BCUT2D eigenvalue weighted by molar-refractivity contribution is 5.54. The number of hydrogen-bond donors (Lipinski definition) is 0. The van der Waals surface area contributed by atoms with Crippen LogP contribution in [0.3, 0.4) is 0 Å². The zero-order valence-corrected chi connectivity index (χ0v) is 9.41. The molecular formula is C14H19O. The third kappa shape index (κ3) is 4.78. The molecule has 1 atom stereocenters. The van der Waals surface area contributed by atoms with Crippen molar-refractivity contribution in [2.75, 3.05) is 0 Å². The molecule has 0 saturated carbocycles. The van der Waals surface area contributed by atoms with Crippen LogP contribution in [0.4, 0.5) is 0 Å². The first kappa shape index (κ1) is 12.0. The van der Waals surface area contributed by atoms with Gasteiger partial charge in [0.05, 0.1) is 0 Å². The molecule has 0 bridgehead atoms. The van der Waals surface area contributed by atoms with Gasteiger partial charge < -0.3 is 0 Å². The number of hydrogen-bond acceptors (Lipinski definition) is 1. The summed E-state index contributed by atoms with van der Waals surface area (Å²) in [5.74, 6) is 0.130. The standard InChI is InChI=1S/C14H19O/c1-2-3-7-14(12-15)11-10-13-8-5-4-6-9-13/h4-6,8-9,14H,2-3,7,10-11H2,1H3. The van der Waals surface area contributed by atoms with Crippen molar-refractivity contribution in [2.24, 2.45) is 5.92 Å². The second-order valence-electron chi connectivity index (χ2n) is 3.98. The normalized spacial score (nSPS) is 12.3. The van der Waals surface area contributed by atoms with Crippen LogP contribution in [0.1, 0.15) is 38.2 Å². The van der Waals surface area contributed by atoms with Crippen molar-refractivity contribution in [1.29, 1.82) is 0 Å². The highest BCUT2D eigenvalue weighted by Crippen LogP contribution is 2.14. The summed E-state index contributed by atoms with van der Waals surface area (Å²) in [4.78, 5) is 10.7. The fourth-order valence-electron chi connectivity index (χ4n) is 1.70. The number of unbranched alkanes of at least 4 members (excludes halogenated alkanes) is 1. The maximum atomic E-state index is 10.7. The number of benzene rings is 1. The minimum atomic E-state index is 0.130. The summed E-state index contributed by atoms with van der Waals surface area (Å²) in [6, 6.07) is 10.3. The molecule has 0 aliphatic rings. The van der Waals surface area contributed by atoms with Crippen LogP contribution in [0.15, 0.2) is 30.3 Å². The van der Waals surface area contributed by atoms with Gasteiger partial charge >= 0.3 is 0 Å². The van der Waals surface area contributed by atoms with E-state index in [-0.39, 0.29) is 5.92 Å². The van der Waals surface area contributed by atoms with E-state index in [2.05, 4.69) is 25.3 Å². The molecule has 1 unspecified atom stereocenters. The van der Waals surface area contributed by atoms with Gasteiger partial charge in [0.25, 0.3) is 0 Å². The second kappa shape index (κ2) is 7.22. The van der Waals surface area contributed by atoms with Gasteiger partial charge in [-0.15, -0.1) is 0 Å². The van der Waals surface area contributed by atoms with Crippen molar-refractivity contribution in [3.8, 4) is 0 Å². The highest BCUT2D eigenvalue weighted by Gasteiger charge is 2.07. The Labute approximate surface area is 92.5 Å². The first-order valence-corrected chi connectivity index (χ1v) is 5.78. The van der Waals surface area contributed by atoms with E-state index >= 15 is 0 Å². The van der Waals surface area contributed by atoms with Gasteiger partial charge in [0.15, 0.2) is 0 Å². The van der Waals surface area contributed by atoms with E-state index in [4.69, 9.17) is 0 Å². The SMILES string of the molecule is CCCCC([C]=O)CCc1ccccc1. The Balaban J connectivity index is 2.31. The largest absolute Gasteiger partial charge is 0.291 e. The molecule has 1 radical (unpaired) electrons. The zero-order valence-electron chi connectivity index (χ0n) is 9.41. The first-order valence-electron chi connectivity index (χ1n) is 5.78. The molecule has 1 nitrogen and oxygen atoms in total. The molecule has 0 fully saturated rings. The van der Waals surface area contributed by atoms with E-state index in [9.17, 15) is 4.79 Å². The van der Waals surface area contributed by atoms with Crippen molar-refractivity contribution in [1.82, 2.24) is 0 Å². The van der Waals surface area contributed by atoms with Crippen LogP contribution < -0.4 is 0 Å². The van der Waals surface area contributed by atoms with Crippen molar-refractivity contribution < 1.29 is 4.79 Å². The summed E-state index contributed by atoms with van der Waals surface area (Å²) in [5, 5.41) is 0. The van der Waals surface area contributed by atoms with Gasteiger partial charge in [0.2, 0.25) is 6.29 Å². The summed E-state index contributed by atoms with van der Waals surface area (Å²) in [6.07, 6.45) is 7.37. The maximum Gasteiger partial charge on any atom is 0.201 e. The highest BCUT2D eigenvalue weighted by atomic mass is 16.1. The molecule has 0 aromatic heterocycles. The monoisotopic (exact) mass is 203 g/mol. The second-order valence-corrected chi connectivity index (χ2v) is 3.98. The van der Waals surface area contributed by atoms with Gasteiger partial charge in [0, 0.05) is 5.92 Å². The molecule has 1 rings (SSSR count). The maximum absolute atomic E-state index is 10.7. The molecule has 1 aromatic rings. The Morgan fingerprint density at radius 1 is 1.20 bits per heavy atom. The fourth-order valence-corrected chi connectivity index (χ4v) is 1.70. The van der Waals surface area contributed by atoms with Crippen LogP contribution in [-0.2, 0) is 11.2 Å². The Morgan fingerprint density at radius 2 is 1.93 bits per heavy atom. The number of aryl methyl sites for hydroxylation is 1. The number of rotatable bonds is 7. The summed E-state index contributed by atoms with van der Waals surface area (Å²) in [6.45, 7) is 2.15. The summed E-state index contributed by atoms with van der Waals surface area (Å²) in [5.41, 5.74) is 1.31. The van der Waals surface area contributed by atoms with Crippen molar-refractivity contribution >= 4 is 6.29 Å². The Morgan fingerprint density at radius 3 is 2.53 bits per heavy atom. The fraction of sp³-hybridized carbons (Fsp3) is 0.500. The minimum absolute atomic E-state index is 0.130. The molecule has 0 aliphatic carbocycles. The molecule has 0 heterocycles. The van der Waals surface area contributed by atoms with Crippen molar-refractivity contribution in [3.63, 3.8) is 0 Å². The van der Waals surface area contributed by atoms with E-state index in [0.717, 1.165) is 32.1 Å². The lowest BCUT2D eigenvalue weighted by Crippen LogP contribution is -2.03. The smallest absolute Gasteiger partial charge is 0.201 e. The van der Waals surface area contributed by atoms with Crippen LogP contribution >= 0.6 is 0 Å². The average Bonchev–Trinajstić information content (AvgIpc) is 2.31. The zero-order chi connectivity index (χ0) is 10.9. The van der Waals surface area contributed by atoms with Crippen LogP contribution in [0.25, 0.3) is 0 Å². The average molecular weight is 203 g/mol. The van der Waals surface area contributed by atoms with Gasteiger partial charge in [-0.1, -0.05) is 50.1 Å². The van der Waals surface area contributed by atoms with E-state index in [1.54, 1.807) is 0 Å². The molecule has 0 N–H and O–H groups in total. The molecule has 1 aromatic carbocycles. The quantitative estimate of drug-likeness (QED) is 0.662. The van der Waals surface area contributed by atoms with Gasteiger partial charge in [-0.05, 0) is 24.8 Å². The molecule has 0 saturated heterocycles. The predicted molar refractivity (Wildman–Crippen MR) is 63.5 cm³/mol. The summed E-state index contributed by atoms with van der Waals surface area (Å²) >= 11 is 0. The van der Waals surface area contributed by atoms with Crippen LogP contribution in [0.5, 0.6) is 0 Å². The van der Waals surface area contributed by atoms with E-state index in [0.29, 0.717) is 0 Å². The third-order valence-corrected chi connectivity index (χ3v) is 2.70. The van der Waals surface area contributed by atoms with Crippen LogP contribution in [0.2, 0.25) is 0 Å². The minimum Gasteiger partial charge on any atom is -0.291 e. The van der Waals surface area contributed by atoms with Crippen molar-refractivity contribution in [2.45, 2.75) is 39.0 Å². The summed E-state index contributed by atoms with van der Waals surface area (Å²) < 4.78 is 0. The lowest BCUT2D eigenvalue weighted by atomic mass is 9.96. The molecular weight excluding hydrogens is 184 g/mol. The first-order chi connectivity index (χ1) is 7.36. The lowest BCUT2D eigenvalue weighted by molar-refractivity contribution is 0.479. The molecule has 1 heteroatoms. The van der Waals surface area contributed by atoms with Gasteiger partial charge in [0.1, 0.15) is 0 Å². The number of carbonyl (C=O) groups excluding carboxylic acids is 1. The molecule has 15 heavy (non-hydrogen) atoms. The van der Waals surface area contributed by atoms with Gasteiger partial charge in [-0.25, -0.2) is 0 Å². The Kier molecular flexibility index (Phi) is 5.76. The Hall–Kier alpha value is -1.11. The van der Waals surface area contributed by atoms with Crippen LogP contribution in [0, 0.1) is 5.92 Å². The molecule has 0 amide bonds. The van der Waals surface area contributed by atoms with E-state index < -0.39 is 0 Å².